The molecule has 1 aromatic heterocycles. The van der Waals surface area contributed by atoms with Crippen molar-refractivity contribution in [3.8, 4) is 0 Å². The largest absolute Gasteiger partial charge is 0.301 e. The lowest BCUT2D eigenvalue weighted by atomic mass is 10.2. The van der Waals surface area contributed by atoms with E-state index in [0.29, 0.717) is 0 Å². The summed E-state index contributed by atoms with van der Waals surface area (Å²) < 4.78 is 0. The predicted octanol–water partition coefficient (Wildman–Crippen LogP) is 3.38. The third-order valence-electron chi connectivity index (χ3n) is 4.23. The molecule has 2 heterocycles. The van der Waals surface area contributed by atoms with Gasteiger partial charge in [-0.3, -0.25) is 9.88 Å². The van der Waals surface area contributed by atoms with Crippen molar-refractivity contribution in [2.75, 3.05) is 38.5 Å². The van der Waals surface area contributed by atoms with Crippen LogP contribution in [0.2, 0.25) is 0 Å². The minimum Gasteiger partial charge on any atom is -0.301 e. The van der Waals surface area contributed by atoms with E-state index < -0.39 is 0 Å². The third-order valence-corrected chi connectivity index (χ3v) is 5.22. The Morgan fingerprint density at radius 1 is 0.913 bits per heavy atom. The molecule has 122 valence electrons. The summed E-state index contributed by atoms with van der Waals surface area (Å²) >= 11 is 1.96. The fourth-order valence-electron chi connectivity index (χ4n) is 2.97. The summed E-state index contributed by atoms with van der Waals surface area (Å²) in [6.07, 6.45) is 5.09. The molecule has 0 N–H and O–H groups in total. The summed E-state index contributed by atoms with van der Waals surface area (Å²) in [6, 6.07) is 14.9. The highest BCUT2D eigenvalue weighted by Crippen LogP contribution is 2.17. The lowest BCUT2D eigenvalue weighted by Gasteiger charge is -2.21. The second-order valence-corrected chi connectivity index (χ2v) is 7.16. The Morgan fingerprint density at radius 2 is 1.74 bits per heavy atom. The molecule has 0 saturated carbocycles. The van der Waals surface area contributed by atoms with Gasteiger partial charge in [0.1, 0.15) is 0 Å². The SMILES string of the molecule is c1ccc(SCCN2CCCN(Cc3cccnc3)CC2)cc1. The molecule has 1 saturated heterocycles. The summed E-state index contributed by atoms with van der Waals surface area (Å²) in [7, 11) is 0. The van der Waals surface area contributed by atoms with E-state index in [1.165, 1.54) is 48.8 Å². The Balaban J connectivity index is 1.40. The van der Waals surface area contributed by atoms with Crippen molar-refractivity contribution in [1.29, 1.82) is 0 Å². The topological polar surface area (TPSA) is 19.4 Å². The average molecular weight is 327 g/mol. The second-order valence-electron chi connectivity index (χ2n) is 5.99. The predicted molar refractivity (Wildman–Crippen MR) is 97.7 cm³/mol. The molecule has 0 bridgehead atoms. The van der Waals surface area contributed by atoms with E-state index in [-0.39, 0.29) is 0 Å². The van der Waals surface area contributed by atoms with Crippen molar-refractivity contribution in [2.45, 2.75) is 17.9 Å². The number of rotatable bonds is 6. The first-order chi connectivity index (χ1) is 11.4. The first-order valence-electron chi connectivity index (χ1n) is 8.41. The molecule has 23 heavy (non-hydrogen) atoms. The maximum atomic E-state index is 4.22. The average Bonchev–Trinajstić information content (AvgIpc) is 2.82. The van der Waals surface area contributed by atoms with Crippen molar-refractivity contribution in [2.24, 2.45) is 0 Å². The lowest BCUT2D eigenvalue weighted by molar-refractivity contribution is 0.258. The molecule has 3 nitrogen and oxygen atoms in total. The fourth-order valence-corrected chi connectivity index (χ4v) is 3.90. The van der Waals surface area contributed by atoms with Gasteiger partial charge in [0.15, 0.2) is 0 Å². The zero-order valence-electron chi connectivity index (χ0n) is 13.6. The highest BCUT2D eigenvalue weighted by atomic mass is 32.2. The fraction of sp³-hybridized carbons (Fsp3) is 0.421. The first-order valence-corrected chi connectivity index (χ1v) is 9.40. The molecule has 1 aliphatic heterocycles. The van der Waals surface area contributed by atoms with Gasteiger partial charge in [0, 0.05) is 49.2 Å². The van der Waals surface area contributed by atoms with Crippen molar-refractivity contribution >= 4 is 11.8 Å². The van der Waals surface area contributed by atoms with Gasteiger partial charge in [0.2, 0.25) is 0 Å². The summed E-state index contributed by atoms with van der Waals surface area (Å²) in [6.45, 7) is 6.96. The quantitative estimate of drug-likeness (QED) is 0.757. The van der Waals surface area contributed by atoms with Gasteiger partial charge >= 0.3 is 0 Å². The van der Waals surface area contributed by atoms with Crippen LogP contribution < -0.4 is 0 Å². The van der Waals surface area contributed by atoms with Crippen LogP contribution in [0, 0.1) is 0 Å². The van der Waals surface area contributed by atoms with Crippen molar-refractivity contribution in [1.82, 2.24) is 14.8 Å². The van der Waals surface area contributed by atoms with E-state index in [1.54, 1.807) is 0 Å². The van der Waals surface area contributed by atoms with Crippen LogP contribution in [0.5, 0.6) is 0 Å². The summed E-state index contributed by atoms with van der Waals surface area (Å²) in [5.41, 5.74) is 1.32. The van der Waals surface area contributed by atoms with Crippen LogP contribution in [0.3, 0.4) is 0 Å². The molecule has 0 atom stereocenters. The zero-order valence-corrected chi connectivity index (χ0v) is 14.4. The number of hydrogen-bond donors (Lipinski definition) is 0. The normalized spacial score (nSPS) is 17.0. The van der Waals surface area contributed by atoms with E-state index in [9.17, 15) is 0 Å². The van der Waals surface area contributed by atoms with Gasteiger partial charge in [-0.05, 0) is 43.3 Å². The van der Waals surface area contributed by atoms with E-state index in [0.717, 1.165) is 13.1 Å². The van der Waals surface area contributed by atoms with Gasteiger partial charge in [-0.1, -0.05) is 24.3 Å². The number of aromatic nitrogens is 1. The highest BCUT2D eigenvalue weighted by Gasteiger charge is 2.14. The van der Waals surface area contributed by atoms with E-state index in [2.05, 4.69) is 51.2 Å². The molecule has 0 radical (unpaired) electrons. The number of pyridine rings is 1. The number of benzene rings is 1. The molecule has 0 aliphatic carbocycles. The Morgan fingerprint density at radius 3 is 2.57 bits per heavy atom. The van der Waals surface area contributed by atoms with E-state index in [1.807, 2.05) is 30.2 Å². The van der Waals surface area contributed by atoms with Crippen LogP contribution in [0.1, 0.15) is 12.0 Å². The minimum absolute atomic E-state index is 1.03. The minimum atomic E-state index is 1.03. The molecular formula is C19H25N3S. The standard InChI is InChI=1S/C19H25N3S/c1-2-7-19(8-3-1)23-15-14-21-10-5-11-22(13-12-21)17-18-6-4-9-20-16-18/h1-4,6-9,16H,5,10-15,17H2. The van der Waals surface area contributed by atoms with E-state index >= 15 is 0 Å². The van der Waals surface area contributed by atoms with Crippen LogP contribution >= 0.6 is 11.8 Å². The summed E-state index contributed by atoms with van der Waals surface area (Å²) in [5.74, 6) is 1.17. The van der Waals surface area contributed by atoms with Gasteiger partial charge < -0.3 is 4.90 Å². The molecule has 0 spiro atoms. The van der Waals surface area contributed by atoms with Crippen LogP contribution in [-0.4, -0.2) is 53.3 Å². The lowest BCUT2D eigenvalue weighted by Crippen LogP contribution is -2.31. The van der Waals surface area contributed by atoms with Crippen LogP contribution in [0.25, 0.3) is 0 Å². The first kappa shape index (κ1) is 16.5. The molecule has 1 aromatic carbocycles. The Kier molecular flexibility index (Phi) is 6.50. The molecule has 2 aromatic rings. The molecule has 1 fully saturated rings. The highest BCUT2D eigenvalue weighted by molar-refractivity contribution is 7.99. The van der Waals surface area contributed by atoms with Gasteiger partial charge in [0.25, 0.3) is 0 Å². The van der Waals surface area contributed by atoms with Crippen LogP contribution in [0.4, 0.5) is 0 Å². The van der Waals surface area contributed by atoms with Crippen LogP contribution in [-0.2, 0) is 6.54 Å². The Hall–Kier alpha value is -1.36. The van der Waals surface area contributed by atoms with Gasteiger partial charge in [-0.2, -0.15) is 0 Å². The van der Waals surface area contributed by atoms with Crippen molar-refractivity contribution < 1.29 is 0 Å². The number of thioether (sulfide) groups is 1. The van der Waals surface area contributed by atoms with E-state index in [4.69, 9.17) is 0 Å². The molecule has 3 rings (SSSR count). The zero-order chi connectivity index (χ0) is 15.7. The molecule has 4 heteroatoms. The number of nitrogens with zero attached hydrogens (tertiary/aromatic N) is 3. The summed E-state index contributed by atoms with van der Waals surface area (Å²) in [5, 5.41) is 0. The third kappa shape index (κ3) is 5.65. The number of hydrogen-bond acceptors (Lipinski definition) is 4. The molecule has 0 unspecified atom stereocenters. The Labute approximate surface area is 143 Å². The monoisotopic (exact) mass is 327 g/mol. The van der Waals surface area contributed by atoms with Crippen LogP contribution in [0.15, 0.2) is 59.8 Å². The molecular weight excluding hydrogens is 302 g/mol. The second kappa shape index (κ2) is 9.06. The van der Waals surface area contributed by atoms with Gasteiger partial charge in [-0.25, -0.2) is 0 Å². The molecule has 0 amide bonds. The van der Waals surface area contributed by atoms with Crippen molar-refractivity contribution in [3.05, 3.63) is 60.4 Å². The summed E-state index contributed by atoms with van der Waals surface area (Å²) in [4.78, 5) is 10.8. The van der Waals surface area contributed by atoms with Gasteiger partial charge in [0.05, 0.1) is 0 Å². The maximum Gasteiger partial charge on any atom is 0.0312 e. The maximum absolute atomic E-state index is 4.22. The van der Waals surface area contributed by atoms with Crippen molar-refractivity contribution in [3.63, 3.8) is 0 Å². The van der Waals surface area contributed by atoms with Gasteiger partial charge in [-0.15, -0.1) is 11.8 Å². The molecule has 1 aliphatic rings. The smallest absolute Gasteiger partial charge is 0.0312 e. The Bertz CT molecular complexity index is 561.